The number of hydrogen-bond donors (Lipinski definition) is 0. The van der Waals surface area contributed by atoms with Gasteiger partial charge in [-0.3, -0.25) is 4.79 Å². The Morgan fingerprint density at radius 1 is 1.04 bits per heavy atom. The van der Waals surface area contributed by atoms with Crippen LogP contribution in [0.5, 0.6) is 17.2 Å². The first kappa shape index (κ1) is 18.4. The Morgan fingerprint density at radius 2 is 1.80 bits per heavy atom. The summed E-state index contributed by atoms with van der Waals surface area (Å²) >= 11 is 0. The van der Waals surface area contributed by atoms with Gasteiger partial charge in [-0.2, -0.15) is 8.78 Å². The average Bonchev–Trinajstić information content (AvgIpc) is 2.59. The topological polar surface area (TPSA) is 44.8 Å². The van der Waals surface area contributed by atoms with E-state index in [1.807, 2.05) is 0 Å². The van der Waals surface area contributed by atoms with Gasteiger partial charge in [-0.1, -0.05) is 12.1 Å². The largest absolute Gasteiger partial charge is 0.497 e. The summed E-state index contributed by atoms with van der Waals surface area (Å²) in [5.74, 6) is -0.982. The highest BCUT2D eigenvalue weighted by atomic mass is 19.3. The van der Waals surface area contributed by atoms with Crippen molar-refractivity contribution >= 4 is 11.9 Å². The molecule has 0 unspecified atom stereocenters. The molecule has 2 rings (SSSR count). The summed E-state index contributed by atoms with van der Waals surface area (Å²) in [7, 11) is 2.70. The molecular formula is C18H15F3O4. The summed E-state index contributed by atoms with van der Waals surface area (Å²) in [6.45, 7) is -2.98. The van der Waals surface area contributed by atoms with Crippen molar-refractivity contribution in [1.82, 2.24) is 0 Å². The smallest absolute Gasteiger partial charge is 0.387 e. The van der Waals surface area contributed by atoms with E-state index < -0.39 is 18.2 Å². The van der Waals surface area contributed by atoms with Gasteiger partial charge < -0.3 is 14.2 Å². The van der Waals surface area contributed by atoms with Crippen molar-refractivity contribution in [2.75, 3.05) is 14.2 Å². The molecule has 0 atom stereocenters. The van der Waals surface area contributed by atoms with Gasteiger partial charge in [0.05, 0.1) is 19.8 Å². The maximum Gasteiger partial charge on any atom is 0.387 e. The zero-order chi connectivity index (χ0) is 18.4. The fourth-order valence-corrected chi connectivity index (χ4v) is 2.07. The number of allylic oxidation sites excluding steroid dienone is 1. The molecule has 4 nitrogen and oxygen atoms in total. The second-order valence-electron chi connectivity index (χ2n) is 4.83. The monoisotopic (exact) mass is 352 g/mol. The molecule has 2 aromatic rings. The minimum atomic E-state index is -2.98. The van der Waals surface area contributed by atoms with Crippen LogP contribution in [-0.2, 0) is 0 Å². The molecule has 0 saturated heterocycles. The number of alkyl halides is 2. The molecule has 0 aliphatic carbocycles. The van der Waals surface area contributed by atoms with E-state index in [1.54, 1.807) is 0 Å². The van der Waals surface area contributed by atoms with Gasteiger partial charge in [0, 0.05) is 6.07 Å². The average molecular weight is 352 g/mol. The molecule has 0 aromatic heterocycles. The number of methoxy groups -OCH3 is 2. The summed E-state index contributed by atoms with van der Waals surface area (Å²) in [6.07, 6.45) is 2.59. The predicted octanol–water partition coefficient (Wildman–Crippen LogP) is 4.34. The molecule has 0 amide bonds. The van der Waals surface area contributed by atoms with Gasteiger partial charge >= 0.3 is 6.61 Å². The van der Waals surface area contributed by atoms with Gasteiger partial charge in [-0.25, -0.2) is 4.39 Å². The Balaban J connectivity index is 2.19. The fourth-order valence-electron chi connectivity index (χ4n) is 2.07. The molecular weight excluding hydrogens is 337 g/mol. The molecule has 7 heteroatoms. The zero-order valence-corrected chi connectivity index (χ0v) is 13.5. The van der Waals surface area contributed by atoms with Crippen LogP contribution in [0.15, 0.2) is 42.5 Å². The van der Waals surface area contributed by atoms with E-state index in [9.17, 15) is 18.0 Å². The Morgan fingerprint density at radius 3 is 2.40 bits per heavy atom. The van der Waals surface area contributed by atoms with Crippen molar-refractivity contribution < 1.29 is 32.2 Å². The summed E-state index contributed by atoms with van der Waals surface area (Å²) in [5.41, 5.74) is 0.391. The number of halogens is 3. The second kappa shape index (κ2) is 8.23. The van der Waals surface area contributed by atoms with Gasteiger partial charge in [0.2, 0.25) is 0 Å². The van der Waals surface area contributed by atoms with Crippen LogP contribution in [0.25, 0.3) is 6.08 Å². The quantitative estimate of drug-likeness (QED) is 0.549. The standard InChI is InChI=1S/C18H15F3O4/c1-23-12-5-6-13(14(19)10-12)15(22)7-3-11-4-8-16(25-18(20)21)17(9-11)24-2/h3-10,18H,1-2H3. The molecule has 0 radical (unpaired) electrons. The SMILES string of the molecule is COc1ccc(C(=O)C=Cc2ccc(OC(F)F)c(OC)c2)c(F)c1. The first-order chi connectivity index (χ1) is 11.9. The summed E-state index contributed by atoms with van der Waals surface area (Å²) in [6, 6.07) is 8.09. The van der Waals surface area contributed by atoms with Crippen LogP contribution in [0.4, 0.5) is 13.2 Å². The number of benzene rings is 2. The number of carbonyl (C=O) groups excluding carboxylic acids is 1. The Labute approximate surface area is 142 Å². The number of ether oxygens (including phenoxy) is 3. The summed E-state index contributed by atoms with van der Waals surface area (Å²) in [5, 5.41) is 0. The third-order valence-corrected chi connectivity index (χ3v) is 3.27. The maximum absolute atomic E-state index is 13.9. The Bertz CT molecular complexity index is 788. The van der Waals surface area contributed by atoms with Crippen LogP contribution in [0.1, 0.15) is 15.9 Å². The van der Waals surface area contributed by atoms with Crippen LogP contribution in [0.2, 0.25) is 0 Å². The van der Waals surface area contributed by atoms with E-state index in [0.29, 0.717) is 11.3 Å². The second-order valence-corrected chi connectivity index (χ2v) is 4.83. The van der Waals surface area contributed by atoms with Crippen molar-refractivity contribution in [3.05, 3.63) is 59.4 Å². The van der Waals surface area contributed by atoms with E-state index in [4.69, 9.17) is 9.47 Å². The van der Waals surface area contributed by atoms with Crippen molar-refractivity contribution in [3.63, 3.8) is 0 Å². The molecule has 2 aromatic carbocycles. The van der Waals surface area contributed by atoms with Gasteiger partial charge in [-0.05, 0) is 35.9 Å². The molecule has 0 N–H and O–H groups in total. The molecule has 0 aliphatic heterocycles. The lowest BCUT2D eigenvalue weighted by Crippen LogP contribution is -2.03. The van der Waals surface area contributed by atoms with Crippen LogP contribution in [0.3, 0.4) is 0 Å². The highest BCUT2D eigenvalue weighted by molar-refractivity contribution is 6.07. The maximum atomic E-state index is 13.9. The fraction of sp³-hybridized carbons (Fsp3) is 0.167. The van der Waals surface area contributed by atoms with E-state index in [1.165, 1.54) is 56.7 Å². The molecule has 25 heavy (non-hydrogen) atoms. The molecule has 0 heterocycles. The lowest BCUT2D eigenvalue weighted by molar-refractivity contribution is -0.0512. The third kappa shape index (κ3) is 4.76. The van der Waals surface area contributed by atoms with Crippen LogP contribution in [-0.4, -0.2) is 26.6 Å². The van der Waals surface area contributed by atoms with Gasteiger partial charge in [0.1, 0.15) is 11.6 Å². The van der Waals surface area contributed by atoms with E-state index in [0.717, 1.165) is 6.07 Å². The third-order valence-electron chi connectivity index (χ3n) is 3.27. The Hall–Kier alpha value is -2.96. The van der Waals surface area contributed by atoms with Crippen molar-refractivity contribution in [2.24, 2.45) is 0 Å². The molecule has 0 saturated carbocycles. The van der Waals surface area contributed by atoms with E-state index in [2.05, 4.69) is 4.74 Å². The van der Waals surface area contributed by atoms with Gasteiger partial charge in [0.25, 0.3) is 0 Å². The first-order valence-corrected chi connectivity index (χ1v) is 7.13. The molecule has 0 fully saturated rings. The van der Waals surface area contributed by atoms with Crippen molar-refractivity contribution in [2.45, 2.75) is 6.61 Å². The molecule has 0 bridgehead atoms. The summed E-state index contributed by atoms with van der Waals surface area (Å²) < 4.78 is 52.6. The molecule has 0 spiro atoms. The van der Waals surface area contributed by atoms with Crippen LogP contribution < -0.4 is 14.2 Å². The normalized spacial score (nSPS) is 11.0. The van der Waals surface area contributed by atoms with Crippen LogP contribution in [0, 0.1) is 5.82 Å². The Kier molecular flexibility index (Phi) is 6.05. The highest BCUT2D eigenvalue weighted by Crippen LogP contribution is 2.30. The minimum Gasteiger partial charge on any atom is -0.497 e. The lowest BCUT2D eigenvalue weighted by atomic mass is 10.1. The molecule has 132 valence electrons. The number of hydrogen-bond acceptors (Lipinski definition) is 4. The summed E-state index contributed by atoms with van der Waals surface area (Å²) in [4.78, 5) is 12.1. The number of rotatable bonds is 7. The van der Waals surface area contributed by atoms with Crippen molar-refractivity contribution in [1.29, 1.82) is 0 Å². The minimum absolute atomic E-state index is 0.0885. The highest BCUT2D eigenvalue weighted by Gasteiger charge is 2.12. The van der Waals surface area contributed by atoms with Crippen molar-refractivity contribution in [3.8, 4) is 17.2 Å². The van der Waals surface area contributed by atoms with Crippen LogP contribution >= 0.6 is 0 Å². The number of carbonyl (C=O) groups is 1. The predicted molar refractivity (Wildman–Crippen MR) is 85.9 cm³/mol. The molecule has 0 aliphatic rings. The lowest BCUT2D eigenvalue weighted by Gasteiger charge is -2.10. The zero-order valence-electron chi connectivity index (χ0n) is 13.5. The van der Waals surface area contributed by atoms with E-state index in [-0.39, 0.29) is 17.1 Å². The first-order valence-electron chi connectivity index (χ1n) is 7.13. The van der Waals surface area contributed by atoms with Gasteiger partial charge in [0.15, 0.2) is 17.3 Å². The van der Waals surface area contributed by atoms with E-state index >= 15 is 0 Å². The van der Waals surface area contributed by atoms with Gasteiger partial charge in [-0.15, -0.1) is 0 Å². The number of ketones is 1.